The second-order valence-electron chi connectivity index (χ2n) is 4.69. The highest BCUT2D eigenvalue weighted by Gasteiger charge is 2.33. The van der Waals surface area contributed by atoms with Crippen LogP contribution in [-0.4, -0.2) is 23.1 Å². The number of alkyl halides is 3. The van der Waals surface area contributed by atoms with Gasteiger partial charge in [-0.25, -0.2) is 0 Å². The Morgan fingerprint density at radius 1 is 1.21 bits per heavy atom. The summed E-state index contributed by atoms with van der Waals surface area (Å²) in [6.45, 7) is 7.53. The van der Waals surface area contributed by atoms with Crippen molar-refractivity contribution in [2.75, 3.05) is 6.61 Å². The summed E-state index contributed by atoms with van der Waals surface area (Å²) in [7, 11) is 0. The van der Waals surface area contributed by atoms with Gasteiger partial charge in [0.2, 0.25) is 0 Å². The zero-order valence-corrected chi connectivity index (χ0v) is 12.7. The first-order valence-corrected chi connectivity index (χ1v) is 6.93. The van der Waals surface area contributed by atoms with Crippen molar-refractivity contribution in [3.8, 4) is 17.0 Å². The van der Waals surface area contributed by atoms with E-state index in [1.807, 2.05) is 0 Å². The molecule has 0 amide bonds. The van der Waals surface area contributed by atoms with Crippen LogP contribution in [0.25, 0.3) is 11.3 Å². The molecule has 24 heavy (non-hydrogen) atoms. The molecule has 128 valence electrons. The number of pyridine rings is 1. The standard InChI is InChI=1S/C16H15F3N2O3/c1-3-5-11-7-13(15(9-20-11)23-16(17,18)19)14-8-12(24-21-14)10-22-6-4-2/h3-4,7-9H,1-2,5-6,10H2. The van der Waals surface area contributed by atoms with Crippen molar-refractivity contribution in [1.29, 1.82) is 0 Å². The predicted octanol–water partition coefficient (Wildman–Crippen LogP) is 4.07. The fourth-order valence-electron chi connectivity index (χ4n) is 1.90. The zero-order valence-electron chi connectivity index (χ0n) is 12.7. The van der Waals surface area contributed by atoms with E-state index in [4.69, 9.17) is 9.26 Å². The molecule has 0 saturated heterocycles. The maximum Gasteiger partial charge on any atom is 0.573 e. The minimum atomic E-state index is -4.84. The van der Waals surface area contributed by atoms with E-state index < -0.39 is 12.1 Å². The molecule has 5 nitrogen and oxygen atoms in total. The van der Waals surface area contributed by atoms with E-state index in [2.05, 4.69) is 28.0 Å². The normalized spacial score (nSPS) is 11.3. The summed E-state index contributed by atoms with van der Waals surface area (Å²) in [6.07, 6.45) is -0.280. The summed E-state index contributed by atoms with van der Waals surface area (Å²) in [5.41, 5.74) is 0.846. The zero-order chi connectivity index (χ0) is 17.6. The Hall–Kier alpha value is -2.61. The van der Waals surface area contributed by atoms with E-state index in [1.54, 1.807) is 12.2 Å². The van der Waals surface area contributed by atoms with Gasteiger partial charge in [-0.15, -0.1) is 26.3 Å². The molecule has 0 aliphatic rings. The van der Waals surface area contributed by atoms with Crippen LogP contribution >= 0.6 is 0 Å². The fourth-order valence-corrected chi connectivity index (χ4v) is 1.90. The number of allylic oxidation sites excluding steroid dienone is 1. The summed E-state index contributed by atoms with van der Waals surface area (Å²) in [5, 5.41) is 3.78. The molecule has 0 aliphatic carbocycles. The largest absolute Gasteiger partial charge is 0.573 e. The number of halogens is 3. The number of hydrogen-bond donors (Lipinski definition) is 0. The Bertz CT molecular complexity index is 711. The van der Waals surface area contributed by atoms with Gasteiger partial charge in [0.25, 0.3) is 0 Å². The Morgan fingerprint density at radius 3 is 2.67 bits per heavy atom. The average Bonchev–Trinajstić information content (AvgIpc) is 2.97. The van der Waals surface area contributed by atoms with Gasteiger partial charge in [0.15, 0.2) is 11.5 Å². The summed E-state index contributed by atoms with van der Waals surface area (Å²) in [4.78, 5) is 3.92. The Balaban J connectivity index is 2.32. The molecule has 0 bridgehead atoms. The van der Waals surface area contributed by atoms with Crippen molar-refractivity contribution in [3.05, 3.63) is 55.1 Å². The predicted molar refractivity (Wildman–Crippen MR) is 80.2 cm³/mol. The third-order valence-electron chi connectivity index (χ3n) is 2.82. The lowest BCUT2D eigenvalue weighted by Crippen LogP contribution is -2.18. The second kappa shape index (κ2) is 7.78. The fraction of sp³-hybridized carbons (Fsp3) is 0.250. The van der Waals surface area contributed by atoms with Crippen molar-refractivity contribution >= 4 is 0 Å². The topological polar surface area (TPSA) is 57.4 Å². The van der Waals surface area contributed by atoms with Crippen LogP contribution in [0.15, 0.2) is 48.2 Å². The lowest BCUT2D eigenvalue weighted by Gasteiger charge is -2.12. The summed E-state index contributed by atoms with van der Waals surface area (Å²) in [6, 6.07) is 2.94. The molecule has 2 rings (SSSR count). The molecule has 0 unspecified atom stereocenters. The number of hydrogen-bond acceptors (Lipinski definition) is 5. The van der Waals surface area contributed by atoms with Gasteiger partial charge in [-0.2, -0.15) is 0 Å². The minimum Gasteiger partial charge on any atom is -0.403 e. The number of aromatic nitrogens is 2. The highest BCUT2D eigenvalue weighted by molar-refractivity contribution is 5.67. The minimum absolute atomic E-state index is 0.123. The molecule has 0 spiro atoms. The van der Waals surface area contributed by atoms with Gasteiger partial charge in [0, 0.05) is 23.7 Å². The van der Waals surface area contributed by atoms with Crippen LogP contribution in [0.1, 0.15) is 11.5 Å². The molecule has 2 aromatic heterocycles. The van der Waals surface area contributed by atoms with Crippen molar-refractivity contribution in [3.63, 3.8) is 0 Å². The quantitative estimate of drug-likeness (QED) is 0.536. The van der Waals surface area contributed by atoms with E-state index >= 15 is 0 Å². The van der Waals surface area contributed by atoms with Crippen LogP contribution in [0.2, 0.25) is 0 Å². The SMILES string of the molecule is C=CCOCc1cc(-c2cc(CC=C)ncc2OC(F)(F)F)no1. The van der Waals surface area contributed by atoms with Crippen molar-refractivity contribution < 1.29 is 27.2 Å². The third kappa shape index (κ3) is 4.95. The van der Waals surface area contributed by atoms with Crippen LogP contribution in [0.3, 0.4) is 0 Å². The molecule has 0 fully saturated rings. The van der Waals surface area contributed by atoms with E-state index in [9.17, 15) is 13.2 Å². The van der Waals surface area contributed by atoms with Gasteiger partial charge < -0.3 is 14.0 Å². The molecule has 0 N–H and O–H groups in total. The van der Waals surface area contributed by atoms with Crippen molar-refractivity contribution in [2.45, 2.75) is 19.4 Å². The molecule has 0 radical (unpaired) electrons. The highest BCUT2D eigenvalue weighted by Crippen LogP contribution is 2.33. The highest BCUT2D eigenvalue weighted by atomic mass is 19.4. The molecule has 8 heteroatoms. The Kier molecular flexibility index (Phi) is 5.75. The first kappa shape index (κ1) is 17.7. The van der Waals surface area contributed by atoms with Gasteiger partial charge in [-0.3, -0.25) is 4.98 Å². The van der Waals surface area contributed by atoms with Gasteiger partial charge in [0.05, 0.1) is 12.8 Å². The lowest BCUT2D eigenvalue weighted by molar-refractivity contribution is -0.274. The Labute approximate surface area is 136 Å². The van der Waals surface area contributed by atoms with E-state index in [-0.39, 0.29) is 17.9 Å². The molecular weight excluding hydrogens is 325 g/mol. The van der Waals surface area contributed by atoms with Crippen LogP contribution in [-0.2, 0) is 17.8 Å². The van der Waals surface area contributed by atoms with E-state index in [1.165, 1.54) is 12.1 Å². The van der Waals surface area contributed by atoms with Crippen LogP contribution in [0, 0.1) is 0 Å². The average molecular weight is 340 g/mol. The summed E-state index contributed by atoms with van der Waals surface area (Å²) >= 11 is 0. The van der Waals surface area contributed by atoms with Gasteiger partial charge >= 0.3 is 6.36 Å². The first-order chi connectivity index (χ1) is 11.4. The molecule has 0 aromatic carbocycles. The van der Waals surface area contributed by atoms with Crippen LogP contribution < -0.4 is 4.74 Å². The van der Waals surface area contributed by atoms with Crippen LogP contribution in [0.5, 0.6) is 5.75 Å². The molecule has 0 atom stereocenters. The second-order valence-corrected chi connectivity index (χ2v) is 4.69. The van der Waals surface area contributed by atoms with Crippen molar-refractivity contribution in [1.82, 2.24) is 10.1 Å². The molecule has 2 aromatic rings. The smallest absolute Gasteiger partial charge is 0.403 e. The Morgan fingerprint density at radius 2 is 2.00 bits per heavy atom. The van der Waals surface area contributed by atoms with Crippen LogP contribution in [0.4, 0.5) is 13.2 Å². The van der Waals surface area contributed by atoms with E-state index in [0.717, 1.165) is 6.20 Å². The summed E-state index contributed by atoms with van der Waals surface area (Å²) in [5.74, 6) is -0.0888. The van der Waals surface area contributed by atoms with Gasteiger partial charge in [-0.05, 0) is 6.07 Å². The maximum atomic E-state index is 12.6. The number of nitrogens with zero attached hydrogens (tertiary/aromatic N) is 2. The van der Waals surface area contributed by atoms with Gasteiger partial charge in [0.1, 0.15) is 12.3 Å². The number of ether oxygens (including phenoxy) is 2. The summed E-state index contributed by atoms with van der Waals surface area (Å²) < 4.78 is 52.0. The molecule has 0 aliphatic heterocycles. The molecule has 0 saturated carbocycles. The maximum absolute atomic E-state index is 12.6. The van der Waals surface area contributed by atoms with Crippen molar-refractivity contribution in [2.24, 2.45) is 0 Å². The molecule has 2 heterocycles. The third-order valence-corrected chi connectivity index (χ3v) is 2.82. The monoisotopic (exact) mass is 340 g/mol. The lowest BCUT2D eigenvalue weighted by atomic mass is 10.1. The number of rotatable bonds is 8. The van der Waals surface area contributed by atoms with Gasteiger partial charge in [-0.1, -0.05) is 17.3 Å². The molecular formula is C16H15F3N2O3. The first-order valence-electron chi connectivity index (χ1n) is 6.93. The van der Waals surface area contributed by atoms with E-state index in [0.29, 0.717) is 24.5 Å².